The molecule has 2 N–H and O–H groups in total. The highest BCUT2D eigenvalue weighted by Crippen LogP contribution is 2.27. The van der Waals surface area contributed by atoms with Gasteiger partial charge in [-0.15, -0.1) is 0 Å². The first-order valence-corrected chi connectivity index (χ1v) is 11.5. The number of urea groups is 1. The van der Waals surface area contributed by atoms with E-state index in [2.05, 4.69) is 13.2 Å². The third-order valence-electron chi connectivity index (χ3n) is 6.14. The molecule has 1 aliphatic rings. The second-order valence-electron chi connectivity index (χ2n) is 8.24. The molecule has 34 heavy (non-hydrogen) atoms. The number of ether oxygens (including phenoxy) is 2. The van der Waals surface area contributed by atoms with Crippen molar-refractivity contribution in [3.05, 3.63) is 97.5 Å². The molecule has 0 spiro atoms. The van der Waals surface area contributed by atoms with E-state index in [-0.39, 0.29) is 32.3 Å². The number of carbonyl (C=O) groups excluding carboxylic acids is 1. The highest BCUT2D eigenvalue weighted by molar-refractivity contribution is 5.76. The van der Waals surface area contributed by atoms with E-state index < -0.39 is 24.3 Å². The Hall–Kier alpha value is -3.29. The molecule has 4 atom stereocenters. The summed E-state index contributed by atoms with van der Waals surface area (Å²) in [5, 5.41) is 22.8. The average molecular weight is 467 g/mol. The Kier molecular flexibility index (Phi) is 9.55. The van der Waals surface area contributed by atoms with Crippen LogP contribution in [0, 0.1) is 0 Å². The van der Waals surface area contributed by atoms with Crippen LogP contribution in [0.3, 0.4) is 0 Å². The van der Waals surface area contributed by atoms with Gasteiger partial charge in [-0.2, -0.15) is 0 Å². The minimum absolute atomic E-state index is 0.226. The van der Waals surface area contributed by atoms with Crippen LogP contribution in [-0.2, 0) is 22.3 Å². The predicted molar refractivity (Wildman–Crippen MR) is 131 cm³/mol. The van der Waals surface area contributed by atoms with Crippen molar-refractivity contribution in [1.29, 1.82) is 0 Å². The number of nitrogens with zero attached hydrogens (tertiary/aromatic N) is 2. The standard InChI is InChI=1S/C27H34N2O5/c1-3-33-17-15-28-23(19-21-11-7-5-8-12-21)25(30)26(31)24(20-22-13-9-6-10-14-22)29(27(28)32)16-18-34-4-2/h3-14,23-26,30-31H,1-2,15-20H2/t23-,24-,25+,26+/m1/s1. The van der Waals surface area contributed by atoms with Crippen LogP contribution in [0.25, 0.3) is 0 Å². The fourth-order valence-electron chi connectivity index (χ4n) is 4.44. The van der Waals surface area contributed by atoms with E-state index in [0.717, 1.165) is 11.1 Å². The lowest BCUT2D eigenvalue weighted by Gasteiger charge is -2.35. The number of aliphatic hydroxyl groups is 2. The Morgan fingerprint density at radius 1 is 0.735 bits per heavy atom. The van der Waals surface area contributed by atoms with Gasteiger partial charge in [0.2, 0.25) is 0 Å². The van der Waals surface area contributed by atoms with E-state index in [4.69, 9.17) is 9.47 Å². The lowest BCUT2D eigenvalue weighted by atomic mass is 9.91. The van der Waals surface area contributed by atoms with Gasteiger partial charge in [0.1, 0.15) is 25.4 Å². The Morgan fingerprint density at radius 2 is 1.12 bits per heavy atom. The van der Waals surface area contributed by atoms with Crippen LogP contribution in [0.4, 0.5) is 4.79 Å². The minimum Gasteiger partial charge on any atom is -0.500 e. The van der Waals surface area contributed by atoms with E-state index >= 15 is 0 Å². The number of rotatable bonds is 12. The molecule has 182 valence electrons. The number of aliphatic hydroxyl groups excluding tert-OH is 2. The molecule has 1 fully saturated rings. The van der Waals surface area contributed by atoms with Gasteiger partial charge < -0.3 is 29.5 Å². The summed E-state index contributed by atoms with van der Waals surface area (Å²) in [6.07, 6.45) is 1.13. The van der Waals surface area contributed by atoms with Gasteiger partial charge >= 0.3 is 6.03 Å². The molecule has 1 aliphatic heterocycles. The van der Waals surface area contributed by atoms with Crippen LogP contribution in [0.2, 0.25) is 0 Å². The van der Waals surface area contributed by atoms with Crippen molar-refractivity contribution in [1.82, 2.24) is 9.80 Å². The molecular weight excluding hydrogens is 432 g/mol. The van der Waals surface area contributed by atoms with Crippen molar-refractivity contribution in [3.8, 4) is 0 Å². The van der Waals surface area contributed by atoms with Crippen molar-refractivity contribution in [2.75, 3.05) is 26.3 Å². The molecule has 7 heteroatoms. The molecule has 2 aromatic carbocycles. The summed E-state index contributed by atoms with van der Waals surface area (Å²) in [6.45, 7) is 8.06. The second-order valence-corrected chi connectivity index (χ2v) is 8.24. The van der Waals surface area contributed by atoms with E-state index in [0.29, 0.717) is 12.8 Å². The molecule has 0 unspecified atom stereocenters. The van der Waals surface area contributed by atoms with E-state index in [1.807, 2.05) is 60.7 Å². The maximum atomic E-state index is 13.9. The fourth-order valence-corrected chi connectivity index (χ4v) is 4.44. The monoisotopic (exact) mass is 466 g/mol. The van der Waals surface area contributed by atoms with Crippen LogP contribution >= 0.6 is 0 Å². The average Bonchev–Trinajstić information content (AvgIpc) is 2.92. The maximum Gasteiger partial charge on any atom is 0.320 e. The third kappa shape index (κ3) is 6.40. The smallest absolute Gasteiger partial charge is 0.320 e. The molecule has 3 rings (SSSR count). The van der Waals surface area contributed by atoms with Gasteiger partial charge in [0, 0.05) is 0 Å². The quantitative estimate of drug-likeness (QED) is 0.371. The highest BCUT2D eigenvalue weighted by atomic mass is 16.5. The number of hydrogen-bond donors (Lipinski definition) is 2. The normalized spacial score (nSPS) is 22.7. The molecule has 0 aliphatic carbocycles. The molecule has 0 aromatic heterocycles. The zero-order valence-electron chi connectivity index (χ0n) is 19.4. The third-order valence-corrected chi connectivity index (χ3v) is 6.14. The number of benzene rings is 2. The van der Waals surface area contributed by atoms with E-state index in [1.165, 1.54) is 12.5 Å². The zero-order chi connectivity index (χ0) is 24.3. The van der Waals surface area contributed by atoms with Gasteiger partial charge in [-0.05, 0) is 24.0 Å². The largest absolute Gasteiger partial charge is 0.500 e. The van der Waals surface area contributed by atoms with Gasteiger partial charge in [0.15, 0.2) is 0 Å². The summed E-state index contributed by atoms with van der Waals surface area (Å²) >= 11 is 0. The number of hydrogen-bond acceptors (Lipinski definition) is 5. The predicted octanol–water partition coefficient (Wildman–Crippen LogP) is 2.99. The Morgan fingerprint density at radius 3 is 1.47 bits per heavy atom. The first-order chi connectivity index (χ1) is 16.6. The summed E-state index contributed by atoms with van der Waals surface area (Å²) in [5.41, 5.74) is 1.92. The van der Waals surface area contributed by atoms with Crippen molar-refractivity contribution in [3.63, 3.8) is 0 Å². The summed E-state index contributed by atoms with van der Waals surface area (Å²) in [7, 11) is 0. The van der Waals surface area contributed by atoms with Crippen LogP contribution in [0.15, 0.2) is 86.3 Å². The number of amides is 2. The molecule has 0 bridgehead atoms. The molecule has 7 nitrogen and oxygen atoms in total. The molecule has 2 aromatic rings. The van der Waals surface area contributed by atoms with Crippen LogP contribution in [0.1, 0.15) is 11.1 Å². The van der Waals surface area contributed by atoms with Crippen molar-refractivity contribution in [2.45, 2.75) is 37.1 Å². The zero-order valence-corrected chi connectivity index (χ0v) is 19.4. The van der Waals surface area contributed by atoms with Crippen LogP contribution in [0.5, 0.6) is 0 Å². The fraction of sp³-hybridized carbons (Fsp3) is 0.370. The Balaban J connectivity index is 1.97. The van der Waals surface area contributed by atoms with Gasteiger partial charge in [0.05, 0.1) is 37.7 Å². The molecule has 1 saturated heterocycles. The van der Waals surface area contributed by atoms with Crippen molar-refractivity contribution >= 4 is 6.03 Å². The topological polar surface area (TPSA) is 82.5 Å². The lowest BCUT2D eigenvalue weighted by Crippen LogP contribution is -2.52. The first-order valence-electron chi connectivity index (χ1n) is 11.5. The van der Waals surface area contributed by atoms with Gasteiger partial charge in [-0.1, -0.05) is 73.8 Å². The molecular formula is C27H34N2O5. The van der Waals surface area contributed by atoms with Crippen LogP contribution < -0.4 is 0 Å². The Bertz CT molecular complexity index is 834. The maximum absolute atomic E-state index is 13.9. The minimum atomic E-state index is -1.16. The summed E-state index contributed by atoms with van der Waals surface area (Å²) in [6, 6.07) is 17.7. The second kappa shape index (κ2) is 12.8. The summed E-state index contributed by atoms with van der Waals surface area (Å²) < 4.78 is 10.6. The number of carbonyl (C=O) groups is 1. The van der Waals surface area contributed by atoms with Gasteiger partial charge in [0.25, 0.3) is 0 Å². The molecule has 0 radical (unpaired) electrons. The summed E-state index contributed by atoms with van der Waals surface area (Å²) in [5.74, 6) is 0. The van der Waals surface area contributed by atoms with Gasteiger partial charge in [-0.3, -0.25) is 0 Å². The van der Waals surface area contributed by atoms with E-state index in [9.17, 15) is 15.0 Å². The van der Waals surface area contributed by atoms with Crippen molar-refractivity contribution in [2.24, 2.45) is 0 Å². The van der Waals surface area contributed by atoms with Crippen molar-refractivity contribution < 1.29 is 24.5 Å². The van der Waals surface area contributed by atoms with Crippen LogP contribution in [-0.4, -0.2) is 76.6 Å². The molecule has 0 saturated carbocycles. The summed E-state index contributed by atoms with van der Waals surface area (Å²) in [4.78, 5) is 17.1. The molecule has 1 heterocycles. The first kappa shape index (κ1) is 25.3. The Labute approximate surface area is 201 Å². The highest BCUT2D eigenvalue weighted by Gasteiger charge is 2.46. The lowest BCUT2D eigenvalue weighted by molar-refractivity contribution is -0.0413. The van der Waals surface area contributed by atoms with E-state index in [1.54, 1.807) is 9.80 Å². The molecule has 2 amide bonds. The van der Waals surface area contributed by atoms with Gasteiger partial charge in [-0.25, -0.2) is 4.79 Å². The SMILES string of the molecule is C=COCCN1C(=O)N(CCOC=C)[C@H](Cc2ccccc2)[C@H](O)[C@@H](O)[C@H]1Cc1ccccc1.